The van der Waals surface area contributed by atoms with Crippen LogP contribution in [0.1, 0.15) is 31.9 Å². The van der Waals surface area contributed by atoms with Gasteiger partial charge in [-0.2, -0.15) is 11.8 Å². The molecule has 110 valence electrons. The third-order valence-electron chi connectivity index (χ3n) is 4.05. The first-order valence-corrected chi connectivity index (χ1v) is 8.07. The number of hydrogen-bond acceptors (Lipinski definition) is 4. The van der Waals surface area contributed by atoms with E-state index < -0.39 is 0 Å². The lowest BCUT2D eigenvalue weighted by Crippen LogP contribution is -2.47. The molecular weight excluding hydrogens is 270 g/mol. The summed E-state index contributed by atoms with van der Waals surface area (Å²) in [5, 5.41) is 12.6. The molecule has 1 aliphatic heterocycles. The number of nitrogens with zero attached hydrogens (tertiary/aromatic N) is 2. The van der Waals surface area contributed by atoms with Gasteiger partial charge in [0.25, 0.3) is 0 Å². The van der Waals surface area contributed by atoms with E-state index in [1.165, 1.54) is 5.56 Å². The second-order valence-corrected chi connectivity index (χ2v) is 6.76. The molecule has 0 spiro atoms. The van der Waals surface area contributed by atoms with Crippen LogP contribution in [0.5, 0.6) is 0 Å². The minimum Gasteiger partial charge on any atom is -0.409 e. The topological polar surface area (TPSA) is 61.8 Å². The maximum atomic E-state index is 8.89. The van der Waals surface area contributed by atoms with E-state index in [-0.39, 0.29) is 11.9 Å². The maximum Gasteiger partial charge on any atom is 0.141 e. The molecule has 1 aromatic rings. The van der Waals surface area contributed by atoms with Crippen molar-refractivity contribution in [2.24, 2.45) is 10.9 Å². The highest BCUT2D eigenvalue weighted by atomic mass is 32.2. The van der Waals surface area contributed by atoms with Crippen molar-refractivity contribution in [3.8, 4) is 0 Å². The monoisotopic (exact) mass is 293 g/mol. The zero-order chi connectivity index (χ0) is 14.5. The quantitative estimate of drug-likeness (QED) is 0.388. The van der Waals surface area contributed by atoms with Gasteiger partial charge in [-0.05, 0) is 12.5 Å². The summed E-state index contributed by atoms with van der Waals surface area (Å²) >= 11 is 2.01. The van der Waals surface area contributed by atoms with Crippen molar-refractivity contribution in [2.75, 3.05) is 12.3 Å². The molecule has 3 N–H and O–H groups in total. The molecule has 4 nitrogen and oxygen atoms in total. The zero-order valence-corrected chi connectivity index (χ0v) is 12.9. The van der Waals surface area contributed by atoms with E-state index >= 15 is 0 Å². The van der Waals surface area contributed by atoms with Crippen molar-refractivity contribution in [3.05, 3.63) is 35.9 Å². The number of benzene rings is 1. The van der Waals surface area contributed by atoms with Crippen molar-refractivity contribution in [3.63, 3.8) is 0 Å². The van der Waals surface area contributed by atoms with Crippen LogP contribution in [-0.2, 0) is 0 Å². The Morgan fingerprint density at radius 1 is 1.45 bits per heavy atom. The van der Waals surface area contributed by atoms with Crippen LogP contribution >= 0.6 is 11.8 Å². The van der Waals surface area contributed by atoms with Crippen LogP contribution in [0.4, 0.5) is 0 Å². The first-order valence-electron chi connectivity index (χ1n) is 7.02. The van der Waals surface area contributed by atoms with E-state index in [1.54, 1.807) is 0 Å². The van der Waals surface area contributed by atoms with E-state index in [9.17, 15) is 0 Å². The molecule has 1 saturated heterocycles. The van der Waals surface area contributed by atoms with Gasteiger partial charge in [-0.15, -0.1) is 0 Å². The van der Waals surface area contributed by atoms with Gasteiger partial charge < -0.3 is 10.9 Å². The Morgan fingerprint density at radius 3 is 2.80 bits per heavy atom. The molecular formula is C15H23N3OS. The van der Waals surface area contributed by atoms with Crippen molar-refractivity contribution in [1.29, 1.82) is 0 Å². The Balaban J connectivity index is 2.26. The van der Waals surface area contributed by atoms with Crippen molar-refractivity contribution in [2.45, 2.75) is 37.6 Å². The predicted octanol–water partition coefficient (Wildman–Crippen LogP) is 2.69. The summed E-state index contributed by atoms with van der Waals surface area (Å²) in [6, 6.07) is 11.0. The zero-order valence-electron chi connectivity index (χ0n) is 12.1. The predicted molar refractivity (Wildman–Crippen MR) is 85.3 cm³/mol. The molecule has 0 radical (unpaired) electrons. The lowest BCUT2D eigenvalue weighted by atomic mass is 9.99. The van der Waals surface area contributed by atoms with Gasteiger partial charge in [-0.3, -0.25) is 4.90 Å². The van der Waals surface area contributed by atoms with E-state index in [0.29, 0.717) is 17.7 Å². The molecule has 0 saturated carbocycles. The second-order valence-electron chi connectivity index (χ2n) is 5.28. The maximum absolute atomic E-state index is 8.89. The molecule has 1 fully saturated rings. The van der Waals surface area contributed by atoms with Gasteiger partial charge in [-0.25, -0.2) is 0 Å². The fourth-order valence-electron chi connectivity index (χ4n) is 2.74. The summed E-state index contributed by atoms with van der Waals surface area (Å²) in [4.78, 5) is 2.48. The van der Waals surface area contributed by atoms with Gasteiger partial charge in [0.05, 0.1) is 0 Å². The molecule has 3 atom stereocenters. The average Bonchev–Trinajstić information content (AvgIpc) is 2.48. The van der Waals surface area contributed by atoms with E-state index in [2.05, 4.69) is 36.0 Å². The van der Waals surface area contributed by atoms with Gasteiger partial charge in [0.1, 0.15) is 5.84 Å². The number of nitrogens with two attached hydrogens (primary N) is 1. The minimum absolute atomic E-state index is 0.172. The Labute approximate surface area is 125 Å². The molecule has 1 aliphatic rings. The summed E-state index contributed by atoms with van der Waals surface area (Å²) < 4.78 is 0. The lowest BCUT2D eigenvalue weighted by Gasteiger charge is -2.42. The van der Waals surface area contributed by atoms with Crippen LogP contribution in [0, 0.1) is 0 Å². The van der Waals surface area contributed by atoms with Crippen LogP contribution in [0.3, 0.4) is 0 Å². The van der Waals surface area contributed by atoms with Gasteiger partial charge >= 0.3 is 0 Å². The highest BCUT2D eigenvalue weighted by Crippen LogP contribution is 2.33. The number of oxime groups is 1. The van der Waals surface area contributed by atoms with Crippen molar-refractivity contribution < 1.29 is 5.21 Å². The van der Waals surface area contributed by atoms with Crippen LogP contribution in [0.2, 0.25) is 0 Å². The molecule has 2 rings (SSSR count). The molecule has 20 heavy (non-hydrogen) atoms. The van der Waals surface area contributed by atoms with Crippen LogP contribution in [-0.4, -0.2) is 39.5 Å². The largest absolute Gasteiger partial charge is 0.409 e. The highest BCUT2D eigenvalue weighted by molar-refractivity contribution is 8.00. The Hall–Kier alpha value is -1.20. The van der Waals surface area contributed by atoms with E-state index in [0.717, 1.165) is 12.3 Å². The normalized spacial score (nSPS) is 26.4. The molecule has 3 unspecified atom stereocenters. The summed E-state index contributed by atoms with van der Waals surface area (Å²) in [5.74, 6) is 1.42. The Morgan fingerprint density at radius 2 is 2.15 bits per heavy atom. The van der Waals surface area contributed by atoms with Crippen LogP contribution in [0.15, 0.2) is 35.5 Å². The standard InChI is InChI=1S/C15H23N3OS/c1-11-12(2)20-9-8-18(11)14(10-15(16)17-19)13-6-4-3-5-7-13/h3-7,11-12,14,19H,8-10H2,1-2H3,(H2,16,17). The molecule has 5 heteroatoms. The second kappa shape index (κ2) is 6.99. The van der Waals surface area contributed by atoms with Gasteiger partial charge in [-0.1, -0.05) is 42.4 Å². The molecule has 0 aliphatic carbocycles. The summed E-state index contributed by atoms with van der Waals surface area (Å²) in [6.45, 7) is 5.57. The molecule has 0 bridgehead atoms. The SMILES string of the molecule is CC1SCCN(C(C/C(N)=N/O)c2ccccc2)C1C. The highest BCUT2D eigenvalue weighted by Gasteiger charge is 2.31. The van der Waals surface area contributed by atoms with Crippen LogP contribution in [0.25, 0.3) is 0 Å². The lowest BCUT2D eigenvalue weighted by molar-refractivity contribution is 0.149. The fourth-order valence-corrected chi connectivity index (χ4v) is 3.86. The summed E-state index contributed by atoms with van der Waals surface area (Å²) in [7, 11) is 0. The Kier molecular flexibility index (Phi) is 5.31. The van der Waals surface area contributed by atoms with Gasteiger partial charge in [0, 0.05) is 36.1 Å². The number of amidine groups is 1. The minimum atomic E-state index is 0.172. The van der Waals surface area contributed by atoms with Crippen molar-refractivity contribution >= 4 is 17.6 Å². The summed E-state index contributed by atoms with van der Waals surface area (Å²) in [5.41, 5.74) is 6.99. The van der Waals surface area contributed by atoms with E-state index in [1.807, 2.05) is 30.0 Å². The number of rotatable bonds is 4. The first-order chi connectivity index (χ1) is 9.63. The average molecular weight is 293 g/mol. The van der Waals surface area contributed by atoms with Gasteiger partial charge in [0.15, 0.2) is 0 Å². The molecule has 0 amide bonds. The smallest absolute Gasteiger partial charge is 0.141 e. The molecule has 1 aromatic carbocycles. The van der Waals surface area contributed by atoms with E-state index in [4.69, 9.17) is 10.9 Å². The third-order valence-corrected chi connectivity index (χ3v) is 5.39. The Bertz CT molecular complexity index is 452. The van der Waals surface area contributed by atoms with Crippen molar-refractivity contribution in [1.82, 2.24) is 4.90 Å². The first kappa shape index (κ1) is 15.2. The summed E-state index contributed by atoms with van der Waals surface area (Å²) in [6.07, 6.45) is 0.558. The molecule has 1 heterocycles. The molecule has 0 aromatic heterocycles. The van der Waals surface area contributed by atoms with Crippen LogP contribution < -0.4 is 5.73 Å². The number of thioether (sulfide) groups is 1. The van der Waals surface area contributed by atoms with Gasteiger partial charge in [0.2, 0.25) is 0 Å². The third kappa shape index (κ3) is 3.46. The fraction of sp³-hybridized carbons (Fsp3) is 0.533. The number of hydrogen-bond donors (Lipinski definition) is 2.